The molecule has 0 bridgehead atoms. The molecule has 1 atom stereocenters. The van der Waals surface area contributed by atoms with E-state index in [0.717, 1.165) is 23.7 Å². The highest BCUT2D eigenvalue weighted by molar-refractivity contribution is 7.09. The minimum atomic E-state index is 0.221. The van der Waals surface area contributed by atoms with Crippen molar-refractivity contribution in [3.63, 3.8) is 0 Å². The average Bonchev–Trinajstić information content (AvgIpc) is 2.83. The van der Waals surface area contributed by atoms with E-state index in [1.165, 1.54) is 0 Å². The van der Waals surface area contributed by atoms with Gasteiger partial charge in [-0.05, 0) is 12.6 Å². The third kappa shape index (κ3) is 2.84. The van der Waals surface area contributed by atoms with Gasteiger partial charge in [0.2, 0.25) is 0 Å². The molecule has 0 spiro atoms. The molecule has 0 saturated heterocycles. The Balaban J connectivity index is 2.11. The second-order valence-corrected chi connectivity index (χ2v) is 4.35. The Kier molecular flexibility index (Phi) is 3.96. The van der Waals surface area contributed by atoms with Gasteiger partial charge in [-0.15, -0.1) is 11.3 Å². The maximum Gasteiger partial charge on any atom is 0.115 e. The van der Waals surface area contributed by atoms with Gasteiger partial charge >= 0.3 is 0 Å². The second kappa shape index (κ2) is 5.67. The smallest absolute Gasteiger partial charge is 0.115 e. The molecule has 2 rings (SSSR count). The Labute approximate surface area is 98.8 Å². The quantitative estimate of drug-likeness (QED) is 0.857. The van der Waals surface area contributed by atoms with Gasteiger partial charge in [-0.1, -0.05) is 6.92 Å². The predicted octanol–water partition coefficient (Wildman–Crippen LogP) is 1.83. The first kappa shape index (κ1) is 11.2. The largest absolute Gasteiger partial charge is 0.309 e. The molecule has 4 nitrogen and oxygen atoms in total. The Morgan fingerprint density at radius 2 is 2.31 bits per heavy atom. The summed E-state index contributed by atoms with van der Waals surface area (Å²) in [5, 5.41) is 6.54. The van der Waals surface area contributed by atoms with Crippen molar-refractivity contribution in [1.82, 2.24) is 20.3 Å². The molecule has 0 aliphatic rings. The van der Waals surface area contributed by atoms with Crippen LogP contribution in [0.5, 0.6) is 0 Å². The van der Waals surface area contributed by atoms with Crippen molar-refractivity contribution in [3.05, 3.63) is 40.9 Å². The Morgan fingerprint density at radius 1 is 1.38 bits per heavy atom. The number of nitrogens with one attached hydrogen (secondary N) is 1. The molecule has 0 radical (unpaired) electrons. The molecule has 2 heterocycles. The van der Waals surface area contributed by atoms with E-state index < -0.39 is 0 Å². The molecule has 2 aromatic heterocycles. The van der Waals surface area contributed by atoms with Gasteiger partial charge in [0.25, 0.3) is 0 Å². The van der Waals surface area contributed by atoms with E-state index in [4.69, 9.17) is 0 Å². The number of thiazole rings is 1. The van der Waals surface area contributed by atoms with Crippen molar-refractivity contribution in [2.45, 2.75) is 19.4 Å². The summed E-state index contributed by atoms with van der Waals surface area (Å²) in [6.45, 7) is 3.01. The molecule has 5 heteroatoms. The van der Waals surface area contributed by atoms with Crippen LogP contribution in [0.4, 0.5) is 0 Å². The van der Waals surface area contributed by atoms with Crippen LogP contribution in [0.2, 0.25) is 0 Å². The monoisotopic (exact) mass is 234 g/mol. The maximum absolute atomic E-state index is 4.30. The van der Waals surface area contributed by atoms with Crippen LogP contribution in [-0.2, 0) is 6.42 Å². The molecule has 0 aliphatic heterocycles. The number of aromatic nitrogens is 3. The van der Waals surface area contributed by atoms with E-state index >= 15 is 0 Å². The lowest BCUT2D eigenvalue weighted by atomic mass is 10.1. The summed E-state index contributed by atoms with van der Waals surface area (Å²) in [5.74, 6) is 0. The summed E-state index contributed by atoms with van der Waals surface area (Å²) in [4.78, 5) is 12.5. The molecule has 1 N–H and O–H groups in total. The van der Waals surface area contributed by atoms with Crippen LogP contribution in [0.3, 0.4) is 0 Å². The topological polar surface area (TPSA) is 50.7 Å². The van der Waals surface area contributed by atoms with Crippen molar-refractivity contribution < 1.29 is 0 Å². The lowest BCUT2D eigenvalue weighted by Gasteiger charge is -2.15. The summed E-state index contributed by atoms with van der Waals surface area (Å²) in [6, 6.07) is 2.17. The fourth-order valence-electron chi connectivity index (χ4n) is 1.56. The number of hydrogen-bond acceptors (Lipinski definition) is 5. The summed E-state index contributed by atoms with van der Waals surface area (Å²) in [7, 11) is 0. The SMILES string of the molecule is CCNC(Cc1nccs1)c1ccncn1. The lowest BCUT2D eigenvalue weighted by molar-refractivity contribution is 0.534. The van der Waals surface area contributed by atoms with Gasteiger partial charge in [0.15, 0.2) is 0 Å². The Morgan fingerprint density at radius 3 is 2.94 bits per heavy atom. The zero-order valence-corrected chi connectivity index (χ0v) is 9.94. The number of rotatable bonds is 5. The first-order chi connectivity index (χ1) is 7.90. The third-order valence-corrected chi connectivity index (χ3v) is 3.08. The molecule has 0 aromatic carbocycles. The first-order valence-corrected chi connectivity index (χ1v) is 6.15. The highest BCUT2D eigenvalue weighted by atomic mass is 32.1. The number of likely N-dealkylation sites (N-methyl/N-ethyl adjacent to an activating group) is 1. The summed E-state index contributed by atoms with van der Waals surface area (Å²) in [6.07, 6.45) is 6.07. The predicted molar refractivity (Wildman–Crippen MR) is 64.3 cm³/mol. The van der Waals surface area contributed by atoms with Crippen molar-refractivity contribution in [2.24, 2.45) is 0 Å². The van der Waals surface area contributed by atoms with E-state index in [2.05, 4.69) is 27.2 Å². The Hall–Kier alpha value is -1.33. The van der Waals surface area contributed by atoms with Crippen LogP contribution < -0.4 is 5.32 Å². The van der Waals surface area contributed by atoms with E-state index in [-0.39, 0.29) is 6.04 Å². The van der Waals surface area contributed by atoms with Crippen LogP contribution >= 0.6 is 11.3 Å². The minimum absolute atomic E-state index is 0.221. The zero-order chi connectivity index (χ0) is 11.2. The standard InChI is InChI=1S/C11H14N4S/c1-2-13-10(7-11-14-5-6-16-11)9-3-4-12-8-15-9/h3-6,8,10,13H,2,7H2,1H3. The fraction of sp³-hybridized carbons (Fsp3) is 0.364. The summed E-state index contributed by atoms with van der Waals surface area (Å²) < 4.78 is 0. The minimum Gasteiger partial charge on any atom is -0.309 e. The van der Waals surface area contributed by atoms with Crippen molar-refractivity contribution >= 4 is 11.3 Å². The molecule has 0 fully saturated rings. The molecule has 16 heavy (non-hydrogen) atoms. The highest BCUT2D eigenvalue weighted by Crippen LogP contribution is 2.17. The van der Waals surface area contributed by atoms with Gasteiger partial charge in [0.05, 0.1) is 16.7 Å². The molecule has 0 aliphatic carbocycles. The first-order valence-electron chi connectivity index (χ1n) is 5.27. The normalized spacial score (nSPS) is 12.6. The van der Waals surface area contributed by atoms with E-state index in [1.54, 1.807) is 23.9 Å². The van der Waals surface area contributed by atoms with Crippen molar-refractivity contribution in [1.29, 1.82) is 0 Å². The average molecular weight is 234 g/mol. The fourth-order valence-corrected chi connectivity index (χ4v) is 2.23. The second-order valence-electron chi connectivity index (χ2n) is 3.37. The zero-order valence-electron chi connectivity index (χ0n) is 9.13. The van der Waals surface area contributed by atoms with E-state index in [9.17, 15) is 0 Å². The molecular weight excluding hydrogens is 220 g/mol. The van der Waals surface area contributed by atoms with Crippen LogP contribution in [0.25, 0.3) is 0 Å². The van der Waals surface area contributed by atoms with Gasteiger partial charge in [-0.3, -0.25) is 0 Å². The number of nitrogens with zero attached hydrogens (tertiary/aromatic N) is 3. The Bertz CT molecular complexity index is 401. The van der Waals surface area contributed by atoms with Gasteiger partial charge in [-0.25, -0.2) is 15.0 Å². The molecule has 84 valence electrons. The molecule has 0 saturated carbocycles. The van der Waals surface area contributed by atoms with Crippen LogP contribution in [-0.4, -0.2) is 21.5 Å². The molecule has 1 unspecified atom stereocenters. The van der Waals surface area contributed by atoms with Crippen LogP contribution in [0.15, 0.2) is 30.2 Å². The summed E-state index contributed by atoms with van der Waals surface area (Å²) in [5.41, 5.74) is 1.02. The van der Waals surface area contributed by atoms with Crippen LogP contribution in [0, 0.1) is 0 Å². The summed E-state index contributed by atoms with van der Waals surface area (Å²) >= 11 is 1.68. The highest BCUT2D eigenvalue weighted by Gasteiger charge is 2.13. The molecular formula is C11H14N4S. The van der Waals surface area contributed by atoms with Gasteiger partial charge < -0.3 is 5.32 Å². The van der Waals surface area contributed by atoms with Gasteiger partial charge in [0, 0.05) is 24.2 Å². The number of hydrogen-bond donors (Lipinski definition) is 1. The van der Waals surface area contributed by atoms with Crippen molar-refractivity contribution in [3.8, 4) is 0 Å². The van der Waals surface area contributed by atoms with Gasteiger partial charge in [-0.2, -0.15) is 0 Å². The lowest BCUT2D eigenvalue weighted by Crippen LogP contribution is -2.23. The van der Waals surface area contributed by atoms with Gasteiger partial charge in [0.1, 0.15) is 6.33 Å². The molecule has 0 amide bonds. The van der Waals surface area contributed by atoms with Crippen molar-refractivity contribution in [2.75, 3.05) is 6.54 Å². The molecule has 2 aromatic rings. The van der Waals surface area contributed by atoms with Crippen LogP contribution in [0.1, 0.15) is 23.7 Å². The van der Waals surface area contributed by atoms with E-state index in [0.29, 0.717) is 0 Å². The maximum atomic E-state index is 4.30. The third-order valence-electron chi connectivity index (χ3n) is 2.27. The van der Waals surface area contributed by atoms with E-state index in [1.807, 2.05) is 17.6 Å².